The van der Waals surface area contributed by atoms with E-state index in [9.17, 15) is 19.8 Å². The molecule has 0 atom stereocenters. The summed E-state index contributed by atoms with van der Waals surface area (Å²) in [5, 5.41) is 26.6. The molecule has 0 aromatic heterocycles. The number of carbonyl (C=O) groups is 2. The third-order valence-electron chi connectivity index (χ3n) is 3.61. The fourth-order valence-electron chi connectivity index (χ4n) is 2.04. The van der Waals surface area contributed by atoms with Crippen molar-refractivity contribution in [2.75, 3.05) is 26.2 Å². The Morgan fingerprint density at radius 3 is 1.21 bits per heavy atom. The van der Waals surface area contributed by atoms with Gasteiger partial charge in [0.1, 0.15) is 0 Å². The number of unbranched alkanes of at least 4 members (excludes halogenated alkanes) is 10. The van der Waals surface area contributed by atoms with Gasteiger partial charge in [-0.2, -0.15) is 25.9 Å². The van der Waals surface area contributed by atoms with Gasteiger partial charge in [-0.25, -0.2) is 0 Å². The molecule has 0 rings (SSSR count). The average molecular weight is 517 g/mol. The van der Waals surface area contributed by atoms with Gasteiger partial charge in [0.05, 0.1) is 0 Å². The van der Waals surface area contributed by atoms with Gasteiger partial charge < -0.3 is 44.3 Å². The minimum atomic E-state index is -1.25. The second kappa shape index (κ2) is 35.1. The van der Waals surface area contributed by atoms with Crippen molar-refractivity contribution in [1.29, 1.82) is 0 Å². The summed E-state index contributed by atoms with van der Waals surface area (Å²) in [7, 11) is 0. The molecule has 0 bridgehead atoms. The number of carboxylic acid groups (broad SMARTS) is 2. The van der Waals surface area contributed by atoms with E-state index >= 15 is 0 Å². The van der Waals surface area contributed by atoms with E-state index in [-0.39, 0.29) is 50.1 Å². The van der Waals surface area contributed by atoms with Gasteiger partial charge in [-0.05, 0) is 0 Å². The van der Waals surface area contributed by atoms with Crippen LogP contribution in [0.2, 0.25) is 0 Å². The van der Waals surface area contributed by atoms with Crippen molar-refractivity contribution in [3.63, 3.8) is 0 Å². The van der Waals surface area contributed by atoms with Crippen molar-refractivity contribution in [2.24, 2.45) is 0 Å². The summed E-state index contributed by atoms with van der Waals surface area (Å²) in [5.41, 5.74) is 0. The zero-order chi connectivity index (χ0) is 21.9. The van der Waals surface area contributed by atoms with Gasteiger partial charge in [-0.15, -0.1) is 13.1 Å². The van der Waals surface area contributed by atoms with E-state index < -0.39 is 11.9 Å². The molecule has 7 heteroatoms. The average Bonchev–Trinajstić information content (AvgIpc) is 2.66. The van der Waals surface area contributed by atoms with Gasteiger partial charge in [0.15, 0.2) is 0 Å². The van der Waals surface area contributed by atoms with Crippen LogP contribution in [0.5, 0.6) is 0 Å². The van der Waals surface area contributed by atoms with Crippen LogP contribution in [-0.2, 0) is 9.59 Å². The third-order valence-corrected chi connectivity index (χ3v) is 3.61. The molecule has 0 aliphatic heterocycles. The fraction of sp³-hybridized carbons (Fsp3) is 0.818. The molecule has 0 N–H and O–H groups in total. The Balaban J connectivity index is -0.000000164. The Morgan fingerprint density at radius 2 is 0.966 bits per heavy atom. The summed E-state index contributed by atoms with van der Waals surface area (Å²) < 4.78 is 0. The molecule has 0 aliphatic carbocycles. The molecule has 170 valence electrons. The number of hydrogen-bond acceptors (Lipinski definition) is 4. The summed E-state index contributed by atoms with van der Waals surface area (Å²) >= 11 is 0. The maximum absolute atomic E-state index is 9.80. The van der Waals surface area contributed by atoms with Crippen molar-refractivity contribution < 1.29 is 19.8 Å². The molecular formula is C22H42N2O4Sn-2. The molecule has 0 heterocycles. The van der Waals surface area contributed by atoms with E-state index in [0.717, 1.165) is 12.8 Å². The second-order valence-corrected chi connectivity index (χ2v) is 6.49. The third kappa shape index (κ3) is 52.3. The predicted octanol–water partition coefficient (Wildman–Crippen LogP) is 3.21. The molecule has 0 spiro atoms. The van der Waals surface area contributed by atoms with Gasteiger partial charge in [0.25, 0.3) is 0 Å². The normalized spacial score (nSPS) is 9.38. The fourth-order valence-corrected chi connectivity index (χ4v) is 2.04. The second-order valence-electron chi connectivity index (χ2n) is 6.49. The first-order valence-electron chi connectivity index (χ1n) is 10.7. The van der Waals surface area contributed by atoms with Crippen LogP contribution >= 0.6 is 0 Å². The predicted molar refractivity (Wildman–Crippen MR) is 119 cm³/mol. The van der Waals surface area contributed by atoms with Gasteiger partial charge >= 0.3 is 23.9 Å². The Bertz CT molecular complexity index is 277. The maximum Gasteiger partial charge on any atom is 4.00 e. The summed E-state index contributed by atoms with van der Waals surface area (Å²) in [6, 6.07) is 0. The van der Waals surface area contributed by atoms with Crippen LogP contribution in [-0.4, -0.2) is 62.0 Å². The minimum Gasteiger partial charge on any atom is -0.659 e. The van der Waals surface area contributed by atoms with Crippen molar-refractivity contribution in [3.05, 3.63) is 24.5 Å². The van der Waals surface area contributed by atoms with Crippen LogP contribution in [0.25, 0.3) is 10.6 Å². The van der Waals surface area contributed by atoms with E-state index in [2.05, 4.69) is 38.3 Å². The Hall–Kier alpha value is -0.341. The summed E-state index contributed by atoms with van der Waals surface area (Å²) in [5.74, 6) is -2.51. The minimum absolute atomic E-state index is 0. The smallest absolute Gasteiger partial charge is 0.659 e. The van der Waals surface area contributed by atoms with E-state index in [1.54, 1.807) is 0 Å². The first-order valence-corrected chi connectivity index (χ1v) is 10.7. The van der Waals surface area contributed by atoms with E-state index in [4.69, 9.17) is 0 Å². The monoisotopic (exact) mass is 518 g/mol. The van der Waals surface area contributed by atoms with E-state index in [1.807, 2.05) is 0 Å². The number of aliphatic carboxylic acids is 2. The van der Waals surface area contributed by atoms with Gasteiger partial charge in [0.2, 0.25) is 0 Å². The summed E-state index contributed by atoms with van der Waals surface area (Å²) in [6.45, 7) is 11.7. The topological polar surface area (TPSA) is 108 Å². The van der Waals surface area contributed by atoms with Crippen LogP contribution in [0.4, 0.5) is 0 Å². The first-order chi connectivity index (χ1) is 13.5. The van der Waals surface area contributed by atoms with E-state index in [1.165, 1.54) is 64.2 Å². The van der Waals surface area contributed by atoms with Crippen molar-refractivity contribution in [3.8, 4) is 0 Å². The zero-order valence-corrected chi connectivity index (χ0v) is 21.6. The molecule has 0 aromatic carbocycles. The molecule has 0 saturated carbocycles. The van der Waals surface area contributed by atoms with Crippen LogP contribution in [0.1, 0.15) is 90.9 Å². The van der Waals surface area contributed by atoms with Crippen molar-refractivity contribution in [1.82, 2.24) is 0 Å². The Kier molecular flexibility index (Phi) is 43.7. The number of carbonyl (C=O) groups excluding carboxylic acids is 2. The van der Waals surface area contributed by atoms with Crippen molar-refractivity contribution in [2.45, 2.75) is 90.9 Å². The molecule has 0 amide bonds. The van der Waals surface area contributed by atoms with Crippen LogP contribution in [0, 0.1) is 13.8 Å². The van der Waals surface area contributed by atoms with Gasteiger partial charge in [-0.1, -0.05) is 78.1 Å². The quantitative estimate of drug-likeness (QED) is 0.168. The van der Waals surface area contributed by atoms with Crippen LogP contribution in [0.15, 0.2) is 0 Å². The van der Waals surface area contributed by atoms with Crippen LogP contribution in [0.3, 0.4) is 0 Å². The number of rotatable bonds is 17. The maximum atomic E-state index is 9.80. The van der Waals surface area contributed by atoms with Gasteiger partial charge in [-0.3, -0.25) is 0 Å². The SMILES string of the molecule is O=C([O-])C[N-]CC[N-]CC(=O)[O-].[CH2-]CCCCCCC.[CH2-]CCCCCCC.[Sn+4]. The van der Waals surface area contributed by atoms with Crippen LogP contribution < -0.4 is 10.2 Å². The molecule has 29 heavy (non-hydrogen) atoms. The van der Waals surface area contributed by atoms with Crippen molar-refractivity contribution >= 4 is 35.8 Å². The number of nitrogens with zero attached hydrogens (tertiary/aromatic N) is 2. The summed E-state index contributed by atoms with van der Waals surface area (Å²) in [6.07, 6.45) is 16.0. The molecular weight excluding hydrogens is 475 g/mol. The largest absolute Gasteiger partial charge is 4.00 e. The standard InChI is InChI=1S/2C8H17.C6H10N2O4.Sn/c2*1-3-5-7-8-6-4-2;9-5(10)3-7-1-2-8-4-6(11)12;/h2*1,3-8H2,2H3;1-4H2,(H,9,10)(H,11,12);/q2*-1;-2;+4/p-2. The number of hydrogen-bond donors (Lipinski definition) is 0. The van der Waals surface area contributed by atoms with E-state index in [0.29, 0.717) is 0 Å². The molecule has 0 saturated heterocycles. The zero-order valence-electron chi connectivity index (χ0n) is 18.8. The molecule has 0 unspecified atom stereocenters. The number of carboxylic acids is 2. The van der Waals surface area contributed by atoms with Gasteiger partial charge in [0, 0.05) is 11.9 Å². The molecule has 0 radical (unpaired) electrons. The molecule has 6 nitrogen and oxygen atoms in total. The Morgan fingerprint density at radius 1 is 0.655 bits per heavy atom. The first kappa shape index (κ1) is 36.1. The molecule has 0 aliphatic rings. The molecule has 0 aromatic rings. The molecule has 0 fully saturated rings. The Labute approximate surface area is 197 Å². The summed E-state index contributed by atoms with van der Waals surface area (Å²) in [4.78, 5) is 19.6.